The minimum absolute atomic E-state index is 0.560. The van der Waals surface area contributed by atoms with E-state index < -0.39 is 0 Å². The maximum absolute atomic E-state index is 8.87. The molecule has 1 N–H and O–H groups in total. The van der Waals surface area contributed by atoms with Crippen LogP contribution in [0.3, 0.4) is 0 Å². The molecule has 1 aliphatic carbocycles. The minimum Gasteiger partial charge on any atom is -0.381 e. The molecule has 2 unspecified atom stereocenters. The van der Waals surface area contributed by atoms with Gasteiger partial charge in [-0.2, -0.15) is 17.0 Å². The van der Waals surface area contributed by atoms with Crippen molar-refractivity contribution in [2.75, 3.05) is 11.6 Å². The van der Waals surface area contributed by atoms with Crippen molar-refractivity contribution in [3.05, 3.63) is 28.2 Å². The second-order valence-electron chi connectivity index (χ2n) is 4.26. The lowest BCUT2D eigenvalue weighted by Gasteiger charge is -2.20. The monoisotopic (exact) mass is 310 g/mol. The number of benzene rings is 1. The Morgan fingerprint density at radius 1 is 1.47 bits per heavy atom. The lowest BCUT2D eigenvalue weighted by atomic mass is 10.2. The van der Waals surface area contributed by atoms with Gasteiger partial charge in [-0.25, -0.2) is 0 Å². The summed E-state index contributed by atoms with van der Waals surface area (Å²) >= 11 is 5.37. The van der Waals surface area contributed by atoms with E-state index in [0.717, 1.165) is 10.2 Å². The third-order valence-corrected chi connectivity index (χ3v) is 5.02. The molecule has 17 heavy (non-hydrogen) atoms. The number of hydrogen-bond acceptors (Lipinski definition) is 3. The van der Waals surface area contributed by atoms with Gasteiger partial charge in [0, 0.05) is 21.5 Å². The second kappa shape index (κ2) is 5.79. The van der Waals surface area contributed by atoms with E-state index in [1.807, 2.05) is 30.0 Å². The van der Waals surface area contributed by atoms with Gasteiger partial charge in [0.15, 0.2) is 0 Å². The van der Waals surface area contributed by atoms with E-state index in [0.29, 0.717) is 16.9 Å². The van der Waals surface area contributed by atoms with Crippen LogP contribution in [-0.2, 0) is 0 Å². The second-order valence-corrected chi connectivity index (χ2v) is 6.19. The fourth-order valence-corrected chi connectivity index (χ4v) is 3.69. The van der Waals surface area contributed by atoms with Crippen molar-refractivity contribution in [2.24, 2.45) is 0 Å². The number of nitrogens with zero attached hydrogens (tertiary/aromatic N) is 1. The molecule has 2 nitrogen and oxygen atoms in total. The van der Waals surface area contributed by atoms with E-state index in [9.17, 15) is 0 Å². The zero-order chi connectivity index (χ0) is 12.3. The third kappa shape index (κ3) is 2.97. The van der Waals surface area contributed by atoms with Crippen molar-refractivity contribution < 1.29 is 0 Å². The number of nitriles is 1. The average molecular weight is 311 g/mol. The number of thioether (sulfide) groups is 1. The van der Waals surface area contributed by atoms with Gasteiger partial charge < -0.3 is 5.32 Å². The Hall–Kier alpha value is -0.660. The first kappa shape index (κ1) is 12.8. The first-order valence-electron chi connectivity index (χ1n) is 5.73. The molecule has 2 rings (SSSR count). The van der Waals surface area contributed by atoms with Crippen LogP contribution in [0, 0.1) is 11.3 Å². The number of rotatable bonds is 3. The highest BCUT2D eigenvalue weighted by atomic mass is 79.9. The van der Waals surface area contributed by atoms with Gasteiger partial charge in [-0.1, -0.05) is 6.42 Å². The molecular weight excluding hydrogens is 296 g/mol. The van der Waals surface area contributed by atoms with Crippen LogP contribution in [0.1, 0.15) is 24.8 Å². The smallest absolute Gasteiger partial charge is 0.100 e. The van der Waals surface area contributed by atoms with Crippen molar-refractivity contribution >= 4 is 33.4 Å². The predicted octanol–water partition coefficient (Wildman–Crippen LogP) is 4.02. The largest absolute Gasteiger partial charge is 0.381 e. The van der Waals surface area contributed by atoms with Crippen molar-refractivity contribution in [3.8, 4) is 6.07 Å². The lowest BCUT2D eigenvalue weighted by molar-refractivity contribution is 0.768. The van der Waals surface area contributed by atoms with Crippen LogP contribution < -0.4 is 5.32 Å². The molecule has 1 fully saturated rings. The van der Waals surface area contributed by atoms with E-state index in [1.54, 1.807) is 0 Å². The molecule has 90 valence electrons. The lowest BCUT2D eigenvalue weighted by Crippen LogP contribution is -2.25. The average Bonchev–Trinajstić information content (AvgIpc) is 2.76. The van der Waals surface area contributed by atoms with Gasteiger partial charge >= 0.3 is 0 Å². The summed E-state index contributed by atoms with van der Waals surface area (Å²) in [6.45, 7) is 0. The Bertz CT molecular complexity index is 442. The molecular formula is C13H15BrN2S. The molecule has 0 saturated heterocycles. The Balaban J connectivity index is 2.09. The highest BCUT2D eigenvalue weighted by molar-refractivity contribution is 9.10. The first-order valence-corrected chi connectivity index (χ1v) is 7.81. The van der Waals surface area contributed by atoms with Crippen molar-refractivity contribution in [1.29, 1.82) is 5.26 Å². The molecule has 0 amide bonds. The standard InChI is InChI=1S/C13H15BrN2S/c1-17-13-4-2-3-12(13)16-10-6-5-9(8-15)11(14)7-10/h5-7,12-13,16H,2-4H2,1H3. The van der Waals surface area contributed by atoms with E-state index in [-0.39, 0.29) is 0 Å². The molecule has 0 aliphatic heterocycles. The van der Waals surface area contributed by atoms with Gasteiger partial charge in [-0.05, 0) is 53.2 Å². The van der Waals surface area contributed by atoms with E-state index in [4.69, 9.17) is 5.26 Å². The van der Waals surface area contributed by atoms with Crippen LogP contribution in [0.25, 0.3) is 0 Å². The van der Waals surface area contributed by atoms with Crippen molar-refractivity contribution in [2.45, 2.75) is 30.6 Å². The van der Waals surface area contributed by atoms with Gasteiger partial charge in [0.2, 0.25) is 0 Å². The van der Waals surface area contributed by atoms with Crippen LogP contribution in [0.5, 0.6) is 0 Å². The summed E-state index contributed by atoms with van der Waals surface area (Å²) in [7, 11) is 0. The maximum atomic E-state index is 8.87. The maximum Gasteiger partial charge on any atom is 0.100 e. The van der Waals surface area contributed by atoms with Crippen LogP contribution >= 0.6 is 27.7 Å². The van der Waals surface area contributed by atoms with E-state index >= 15 is 0 Å². The number of nitrogens with one attached hydrogen (secondary N) is 1. The Kier molecular flexibility index (Phi) is 4.36. The summed E-state index contributed by atoms with van der Waals surface area (Å²) < 4.78 is 0.865. The van der Waals surface area contributed by atoms with Gasteiger partial charge in [-0.15, -0.1) is 0 Å². The summed E-state index contributed by atoms with van der Waals surface area (Å²) in [5, 5.41) is 13.2. The van der Waals surface area contributed by atoms with E-state index in [2.05, 4.69) is 33.6 Å². The Morgan fingerprint density at radius 2 is 2.29 bits per heavy atom. The first-order chi connectivity index (χ1) is 8.24. The SMILES string of the molecule is CSC1CCCC1Nc1ccc(C#N)c(Br)c1. The van der Waals surface area contributed by atoms with Crippen molar-refractivity contribution in [3.63, 3.8) is 0 Å². The van der Waals surface area contributed by atoms with Gasteiger partial charge in [0.25, 0.3) is 0 Å². The van der Waals surface area contributed by atoms with Gasteiger partial charge in [-0.3, -0.25) is 0 Å². The van der Waals surface area contributed by atoms with Crippen LogP contribution in [-0.4, -0.2) is 17.5 Å². The van der Waals surface area contributed by atoms with Crippen LogP contribution in [0.4, 0.5) is 5.69 Å². The zero-order valence-corrected chi connectivity index (χ0v) is 12.1. The molecule has 0 bridgehead atoms. The molecule has 1 saturated carbocycles. The molecule has 1 aliphatic rings. The summed E-state index contributed by atoms with van der Waals surface area (Å²) in [4.78, 5) is 0. The zero-order valence-electron chi connectivity index (χ0n) is 9.74. The summed E-state index contributed by atoms with van der Waals surface area (Å²) in [5.74, 6) is 0. The predicted molar refractivity (Wildman–Crippen MR) is 77.4 cm³/mol. The Labute approximate surface area is 115 Å². The minimum atomic E-state index is 0.560. The third-order valence-electron chi connectivity index (χ3n) is 3.20. The summed E-state index contributed by atoms with van der Waals surface area (Å²) in [5.41, 5.74) is 1.78. The van der Waals surface area contributed by atoms with Crippen molar-refractivity contribution in [1.82, 2.24) is 0 Å². The fourth-order valence-electron chi connectivity index (χ4n) is 2.28. The number of anilines is 1. The van der Waals surface area contributed by atoms with Gasteiger partial charge in [0.1, 0.15) is 6.07 Å². The molecule has 2 atom stereocenters. The molecule has 0 spiro atoms. The highest BCUT2D eigenvalue weighted by Crippen LogP contribution is 2.31. The molecule has 0 aromatic heterocycles. The highest BCUT2D eigenvalue weighted by Gasteiger charge is 2.26. The van der Waals surface area contributed by atoms with E-state index in [1.165, 1.54) is 19.3 Å². The topological polar surface area (TPSA) is 35.8 Å². The quantitative estimate of drug-likeness (QED) is 0.916. The fraction of sp³-hybridized carbons (Fsp3) is 0.462. The normalized spacial score (nSPS) is 23.4. The molecule has 0 radical (unpaired) electrons. The van der Waals surface area contributed by atoms with Crippen LogP contribution in [0.2, 0.25) is 0 Å². The molecule has 4 heteroatoms. The summed E-state index contributed by atoms with van der Waals surface area (Å²) in [6, 6.07) is 8.55. The number of hydrogen-bond donors (Lipinski definition) is 1. The summed E-state index contributed by atoms with van der Waals surface area (Å²) in [6.07, 6.45) is 6.03. The molecule has 1 aromatic carbocycles. The number of halogens is 1. The Morgan fingerprint density at radius 3 is 2.94 bits per heavy atom. The molecule has 1 aromatic rings. The molecule has 0 heterocycles. The van der Waals surface area contributed by atoms with Crippen LogP contribution in [0.15, 0.2) is 22.7 Å². The van der Waals surface area contributed by atoms with Gasteiger partial charge in [0.05, 0.1) is 5.56 Å².